The number of amides is 1. The fourth-order valence-electron chi connectivity index (χ4n) is 1.62. The summed E-state index contributed by atoms with van der Waals surface area (Å²) in [4.78, 5) is 14.1. The summed E-state index contributed by atoms with van der Waals surface area (Å²) in [6.45, 7) is 2.99. The Bertz CT molecular complexity index is 366. The summed E-state index contributed by atoms with van der Waals surface area (Å²) in [5.41, 5.74) is 0.811. The van der Waals surface area contributed by atoms with Crippen LogP contribution < -0.4 is 0 Å². The van der Waals surface area contributed by atoms with Crippen LogP contribution in [0.1, 0.15) is 17.3 Å². The van der Waals surface area contributed by atoms with Crippen LogP contribution in [-0.2, 0) is 0 Å². The van der Waals surface area contributed by atoms with Gasteiger partial charge in [0.2, 0.25) is 0 Å². The zero-order valence-electron chi connectivity index (χ0n) is 8.40. The van der Waals surface area contributed by atoms with Crippen LogP contribution in [-0.4, -0.2) is 34.9 Å². The van der Waals surface area contributed by atoms with Crippen molar-refractivity contribution < 1.29 is 4.79 Å². The summed E-state index contributed by atoms with van der Waals surface area (Å²) >= 11 is 6.87. The van der Waals surface area contributed by atoms with Gasteiger partial charge < -0.3 is 4.90 Å². The highest BCUT2D eigenvalue weighted by atomic mass is 79.9. The molecule has 1 aromatic heterocycles. The van der Waals surface area contributed by atoms with E-state index in [9.17, 15) is 4.79 Å². The van der Waals surface area contributed by atoms with Gasteiger partial charge >= 0.3 is 0 Å². The van der Waals surface area contributed by atoms with E-state index in [4.69, 9.17) is 0 Å². The number of halogens is 1. The molecular weight excluding hydrogens is 294 g/mol. The molecular formula is C10H12BrNOS2. The second kappa shape index (κ2) is 4.89. The molecule has 0 radical (unpaired) electrons. The fourth-order valence-corrected chi connectivity index (χ4v) is 3.76. The molecule has 1 unspecified atom stereocenters. The van der Waals surface area contributed by atoms with Crippen molar-refractivity contribution in [2.45, 2.75) is 13.0 Å². The Morgan fingerprint density at radius 1 is 1.67 bits per heavy atom. The Balaban J connectivity index is 2.13. The standard InChI is InChI=1S/C10H12BrNOS2/c1-7-5-14-3-2-12(7)10(13)8-4-9(11)15-6-8/h4,6-7H,2-3,5H2,1H3. The van der Waals surface area contributed by atoms with Crippen LogP contribution in [0.3, 0.4) is 0 Å². The third kappa shape index (κ3) is 2.57. The van der Waals surface area contributed by atoms with E-state index in [1.165, 1.54) is 0 Å². The van der Waals surface area contributed by atoms with Gasteiger partial charge in [-0.15, -0.1) is 11.3 Å². The molecule has 0 bridgehead atoms. The van der Waals surface area contributed by atoms with Crippen LogP contribution in [0.2, 0.25) is 0 Å². The van der Waals surface area contributed by atoms with E-state index in [1.807, 2.05) is 28.1 Å². The third-order valence-electron chi connectivity index (χ3n) is 2.44. The minimum Gasteiger partial charge on any atom is -0.334 e. The van der Waals surface area contributed by atoms with Gasteiger partial charge in [-0.05, 0) is 28.9 Å². The van der Waals surface area contributed by atoms with Gasteiger partial charge in [0.1, 0.15) is 0 Å². The quantitative estimate of drug-likeness (QED) is 0.795. The van der Waals surface area contributed by atoms with E-state index in [-0.39, 0.29) is 5.91 Å². The monoisotopic (exact) mass is 305 g/mol. The molecule has 1 aliphatic heterocycles. The third-order valence-corrected chi connectivity index (χ3v) is 5.14. The van der Waals surface area contributed by atoms with Crippen LogP contribution in [0.4, 0.5) is 0 Å². The highest BCUT2D eigenvalue weighted by molar-refractivity contribution is 9.11. The second-order valence-corrected chi connectivity index (χ2v) is 7.00. The predicted octanol–water partition coefficient (Wildman–Crippen LogP) is 3.09. The Morgan fingerprint density at radius 3 is 3.07 bits per heavy atom. The highest BCUT2D eigenvalue weighted by Crippen LogP contribution is 2.24. The summed E-state index contributed by atoms with van der Waals surface area (Å²) in [5.74, 6) is 2.28. The molecule has 15 heavy (non-hydrogen) atoms. The molecule has 0 saturated carbocycles. The Hall–Kier alpha value is -0.000000000000000111. The number of hydrogen-bond acceptors (Lipinski definition) is 3. The van der Waals surface area contributed by atoms with Crippen molar-refractivity contribution >= 4 is 44.9 Å². The number of nitrogens with zero attached hydrogens (tertiary/aromatic N) is 1. The van der Waals surface area contributed by atoms with Gasteiger partial charge in [0.05, 0.1) is 9.35 Å². The maximum absolute atomic E-state index is 12.1. The van der Waals surface area contributed by atoms with Gasteiger partial charge in [-0.25, -0.2) is 0 Å². The van der Waals surface area contributed by atoms with Gasteiger partial charge in [0, 0.05) is 29.5 Å². The van der Waals surface area contributed by atoms with Gasteiger partial charge in [0.15, 0.2) is 0 Å². The zero-order chi connectivity index (χ0) is 10.8. The van der Waals surface area contributed by atoms with Crippen LogP contribution in [0, 0.1) is 0 Å². The number of carbonyl (C=O) groups excluding carboxylic acids is 1. The molecule has 0 aliphatic carbocycles. The first-order valence-corrected chi connectivity index (χ1v) is 7.64. The van der Waals surface area contributed by atoms with Crippen molar-refractivity contribution in [1.82, 2.24) is 4.90 Å². The first kappa shape index (κ1) is 11.5. The number of rotatable bonds is 1. The SMILES string of the molecule is CC1CSCCN1C(=O)c1csc(Br)c1. The largest absolute Gasteiger partial charge is 0.334 e. The highest BCUT2D eigenvalue weighted by Gasteiger charge is 2.24. The molecule has 2 nitrogen and oxygen atoms in total. The Labute approximate surface area is 106 Å². The van der Waals surface area contributed by atoms with Crippen LogP contribution in [0.15, 0.2) is 15.2 Å². The minimum atomic E-state index is 0.171. The molecule has 2 rings (SSSR count). The smallest absolute Gasteiger partial charge is 0.255 e. The lowest BCUT2D eigenvalue weighted by molar-refractivity contribution is 0.0716. The van der Waals surface area contributed by atoms with Crippen molar-refractivity contribution in [3.8, 4) is 0 Å². The summed E-state index contributed by atoms with van der Waals surface area (Å²) < 4.78 is 1.02. The molecule has 1 aliphatic rings. The van der Waals surface area contributed by atoms with Crippen LogP contribution in [0.5, 0.6) is 0 Å². The van der Waals surface area contributed by atoms with Crippen molar-refractivity contribution in [3.05, 3.63) is 20.8 Å². The van der Waals surface area contributed by atoms with Gasteiger partial charge in [0.25, 0.3) is 5.91 Å². The minimum absolute atomic E-state index is 0.171. The fraction of sp³-hybridized carbons (Fsp3) is 0.500. The van der Waals surface area contributed by atoms with Gasteiger partial charge in [-0.1, -0.05) is 0 Å². The molecule has 1 saturated heterocycles. The second-order valence-electron chi connectivity index (χ2n) is 3.56. The first-order valence-electron chi connectivity index (χ1n) is 4.81. The Kier molecular flexibility index (Phi) is 3.74. The molecule has 82 valence electrons. The van der Waals surface area contributed by atoms with E-state index in [1.54, 1.807) is 11.3 Å². The molecule has 1 atom stereocenters. The number of thiophene rings is 1. The van der Waals surface area contributed by atoms with Crippen molar-refractivity contribution in [2.75, 3.05) is 18.1 Å². The number of thioether (sulfide) groups is 1. The molecule has 5 heteroatoms. The molecule has 2 heterocycles. The van der Waals surface area contributed by atoms with E-state index >= 15 is 0 Å². The van der Waals surface area contributed by atoms with E-state index < -0.39 is 0 Å². The molecule has 0 N–H and O–H groups in total. The van der Waals surface area contributed by atoms with E-state index in [2.05, 4.69) is 22.9 Å². The topological polar surface area (TPSA) is 20.3 Å². The normalized spacial score (nSPS) is 21.7. The lowest BCUT2D eigenvalue weighted by Gasteiger charge is -2.32. The molecule has 1 aromatic rings. The lowest BCUT2D eigenvalue weighted by Crippen LogP contribution is -2.44. The van der Waals surface area contributed by atoms with E-state index in [0.717, 1.165) is 27.4 Å². The average molecular weight is 306 g/mol. The number of carbonyl (C=O) groups is 1. The van der Waals surface area contributed by atoms with Crippen LogP contribution >= 0.6 is 39.0 Å². The van der Waals surface area contributed by atoms with Gasteiger partial charge in [-0.2, -0.15) is 11.8 Å². The van der Waals surface area contributed by atoms with Crippen molar-refractivity contribution in [1.29, 1.82) is 0 Å². The molecule has 0 spiro atoms. The van der Waals surface area contributed by atoms with Crippen molar-refractivity contribution in [3.63, 3.8) is 0 Å². The first-order chi connectivity index (χ1) is 7.18. The Morgan fingerprint density at radius 2 is 2.47 bits per heavy atom. The maximum Gasteiger partial charge on any atom is 0.255 e. The summed E-state index contributed by atoms with van der Waals surface area (Å²) in [5, 5.41) is 1.92. The predicted molar refractivity (Wildman–Crippen MR) is 69.8 cm³/mol. The summed E-state index contributed by atoms with van der Waals surface area (Å²) in [6, 6.07) is 2.26. The summed E-state index contributed by atoms with van der Waals surface area (Å²) in [6.07, 6.45) is 0. The lowest BCUT2D eigenvalue weighted by atomic mass is 10.2. The van der Waals surface area contributed by atoms with Gasteiger partial charge in [-0.3, -0.25) is 4.79 Å². The molecule has 0 aromatic carbocycles. The average Bonchev–Trinajstić information content (AvgIpc) is 2.65. The zero-order valence-corrected chi connectivity index (χ0v) is 11.6. The molecule has 1 amide bonds. The van der Waals surface area contributed by atoms with Crippen molar-refractivity contribution in [2.24, 2.45) is 0 Å². The summed E-state index contributed by atoms with van der Waals surface area (Å²) in [7, 11) is 0. The maximum atomic E-state index is 12.1. The van der Waals surface area contributed by atoms with Crippen LogP contribution in [0.25, 0.3) is 0 Å². The number of hydrogen-bond donors (Lipinski definition) is 0. The van der Waals surface area contributed by atoms with E-state index in [0.29, 0.717) is 6.04 Å². The molecule has 1 fully saturated rings.